The molecule has 0 aliphatic carbocycles. The first-order valence-electron chi connectivity index (χ1n) is 7.75. The number of rotatable bonds is 8. The molecule has 4 nitrogen and oxygen atoms in total. The van der Waals surface area contributed by atoms with Gasteiger partial charge in [0.2, 0.25) is 5.91 Å². The zero-order valence-corrected chi connectivity index (χ0v) is 14.7. The Bertz CT molecular complexity index is 546. The van der Waals surface area contributed by atoms with Crippen LogP contribution in [0.4, 0.5) is 0 Å². The summed E-state index contributed by atoms with van der Waals surface area (Å²) >= 11 is 0. The Morgan fingerprint density at radius 2 is 1.87 bits per heavy atom. The van der Waals surface area contributed by atoms with Gasteiger partial charge in [0.25, 0.3) is 0 Å². The molecular formula is C19H27NO3. The molecule has 0 radical (unpaired) electrons. The van der Waals surface area contributed by atoms with Crippen LogP contribution < -0.4 is 4.74 Å². The molecule has 0 spiro atoms. The van der Waals surface area contributed by atoms with Crippen LogP contribution in [0.15, 0.2) is 48.3 Å². The third-order valence-electron chi connectivity index (χ3n) is 3.89. The molecule has 1 atom stereocenters. The zero-order chi connectivity index (χ0) is 17.2. The van der Waals surface area contributed by atoms with Gasteiger partial charge in [0, 0.05) is 20.4 Å². The van der Waals surface area contributed by atoms with Crippen molar-refractivity contribution in [1.82, 2.24) is 4.90 Å². The van der Waals surface area contributed by atoms with E-state index in [4.69, 9.17) is 9.47 Å². The highest BCUT2D eigenvalue weighted by Gasteiger charge is 2.17. The van der Waals surface area contributed by atoms with Crippen molar-refractivity contribution in [1.29, 1.82) is 0 Å². The van der Waals surface area contributed by atoms with Crippen LogP contribution in [0.3, 0.4) is 0 Å². The van der Waals surface area contributed by atoms with Crippen molar-refractivity contribution >= 4 is 5.91 Å². The van der Waals surface area contributed by atoms with Crippen LogP contribution in [-0.2, 0) is 9.53 Å². The summed E-state index contributed by atoms with van der Waals surface area (Å²) in [5.74, 6) is 1.79. The molecule has 1 aromatic carbocycles. The van der Waals surface area contributed by atoms with Crippen LogP contribution in [0, 0.1) is 0 Å². The Hall–Kier alpha value is -2.23. The average Bonchev–Trinajstić information content (AvgIpc) is 2.58. The van der Waals surface area contributed by atoms with Crippen molar-refractivity contribution in [3.8, 4) is 5.75 Å². The van der Waals surface area contributed by atoms with Crippen molar-refractivity contribution in [2.75, 3.05) is 21.3 Å². The van der Waals surface area contributed by atoms with Gasteiger partial charge >= 0.3 is 0 Å². The molecule has 4 heteroatoms. The first-order chi connectivity index (χ1) is 11.0. The van der Waals surface area contributed by atoms with Gasteiger partial charge < -0.3 is 14.4 Å². The number of methoxy groups -OCH3 is 2. The molecule has 126 valence electrons. The van der Waals surface area contributed by atoms with E-state index >= 15 is 0 Å². The van der Waals surface area contributed by atoms with Crippen molar-refractivity contribution in [3.05, 3.63) is 53.8 Å². The fourth-order valence-electron chi connectivity index (χ4n) is 2.31. The summed E-state index contributed by atoms with van der Waals surface area (Å²) in [5, 5.41) is 0. The second-order valence-electron chi connectivity index (χ2n) is 5.29. The first kappa shape index (κ1) is 18.8. The number of carbonyl (C=O) groups excluding carboxylic acids is 1. The molecule has 0 saturated heterocycles. The maximum atomic E-state index is 11.8. The van der Waals surface area contributed by atoms with Crippen LogP contribution in [0.2, 0.25) is 0 Å². The van der Waals surface area contributed by atoms with E-state index in [1.165, 1.54) is 0 Å². The molecule has 0 fully saturated rings. The Morgan fingerprint density at radius 1 is 1.22 bits per heavy atom. The molecule has 0 aliphatic rings. The Morgan fingerprint density at radius 3 is 2.35 bits per heavy atom. The quantitative estimate of drug-likeness (QED) is 0.535. The fourth-order valence-corrected chi connectivity index (χ4v) is 2.31. The van der Waals surface area contributed by atoms with Crippen LogP contribution in [-0.4, -0.2) is 32.1 Å². The van der Waals surface area contributed by atoms with Gasteiger partial charge in [-0.15, -0.1) is 0 Å². The van der Waals surface area contributed by atoms with E-state index in [-0.39, 0.29) is 11.9 Å². The standard InChI is InChI=1S/C19H27NO3/c1-6-17(22-4)9-7-8-10-19(20(3)15(2)21)16-11-13-18(23-5)14-12-16/h6-8,11-14,19H,9-10H2,1-5H3/b8-7-,17-6+. The minimum absolute atomic E-state index is 0.00579. The van der Waals surface area contributed by atoms with Crippen LogP contribution in [0.5, 0.6) is 5.75 Å². The van der Waals surface area contributed by atoms with E-state index in [2.05, 4.69) is 12.2 Å². The third-order valence-corrected chi connectivity index (χ3v) is 3.89. The minimum Gasteiger partial charge on any atom is -0.501 e. The Labute approximate surface area is 139 Å². The summed E-state index contributed by atoms with van der Waals surface area (Å²) in [7, 11) is 5.15. The molecule has 0 saturated carbocycles. The summed E-state index contributed by atoms with van der Waals surface area (Å²) in [6.07, 6.45) is 7.63. The summed E-state index contributed by atoms with van der Waals surface area (Å²) < 4.78 is 10.4. The van der Waals surface area contributed by atoms with Gasteiger partial charge in [-0.1, -0.05) is 24.3 Å². The van der Waals surface area contributed by atoms with Gasteiger partial charge in [0.05, 0.1) is 26.0 Å². The Kier molecular flexibility index (Phi) is 7.95. The predicted octanol–water partition coefficient (Wildman–Crippen LogP) is 4.10. The fraction of sp³-hybridized carbons (Fsp3) is 0.421. The molecule has 0 aromatic heterocycles. The SMILES string of the molecule is C/C=C(\C/C=C\CC(c1ccc(OC)cc1)N(C)C(C)=O)OC. The smallest absolute Gasteiger partial charge is 0.219 e. The lowest BCUT2D eigenvalue weighted by molar-refractivity contribution is -0.129. The maximum Gasteiger partial charge on any atom is 0.219 e. The number of hydrogen-bond donors (Lipinski definition) is 0. The lowest BCUT2D eigenvalue weighted by Gasteiger charge is -2.27. The monoisotopic (exact) mass is 317 g/mol. The van der Waals surface area contributed by atoms with Gasteiger partial charge in [-0.25, -0.2) is 0 Å². The van der Waals surface area contributed by atoms with Crippen LogP contribution in [0.1, 0.15) is 38.3 Å². The number of benzene rings is 1. The van der Waals surface area contributed by atoms with Crippen LogP contribution >= 0.6 is 0 Å². The number of allylic oxidation sites excluding steroid dienone is 2. The first-order valence-corrected chi connectivity index (χ1v) is 7.75. The van der Waals surface area contributed by atoms with Gasteiger partial charge in [-0.3, -0.25) is 4.79 Å². The summed E-state index contributed by atoms with van der Waals surface area (Å²) in [4.78, 5) is 13.5. The molecule has 0 N–H and O–H groups in total. The topological polar surface area (TPSA) is 38.8 Å². The lowest BCUT2D eigenvalue weighted by Crippen LogP contribution is -2.28. The maximum absolute atomic E-state index is 11.8. The predicted molar refractivity (Wildman–Crippen MR) is 93.3 cm³/mol. The van der Waals surface area contributed by atoms with Gasteiger partial charge in [-0.05, 0) is 37.1 Å². The Balaban J connectivity index is 2.84. The van der Waals surface area contributed by atoms with E-state index in [9.17, 15) is 4.79 Å². The van der Waals surface area contributed by atoms with Crippen molar-refractivity contribution in [3.63, 3.8) is 0 Å². The van der Waals surface area contributed by atoms with Crippen LogP contribution in [0.25, 0.3) is 0 Å². The van der Waals surface area contributed by atoms with Crippen molar-refractivity contribution < 1.29 is 14.3 Å². The minimum atomic E-state index is 0.00579. The highest BCUT2D eigenvalue weighted by atomic mass is 16.5. The molecule has 1 rings (SSSR count). The highest BCUT2D eigenvalue weighted by molar-refractivity contribution is 5.73. The summed E-state index contributed by atoms with van der Waals surface area (Å²) in [6, 6.07) is 7.85. The molecule has 23 heavy (non-hydrogen) atoms. The average molecular weight is 317 g/mol. The van der Waals surface area contributed by atoms with Crippen molar-refractivity contribution in [2.24, 2.45) is 0 Å². The molecule has 0 aliphatic heterocycles. The number of carbonyl (C=O) groups is 1. The number of nitrogens with zero attached hydrogens (tertiary/aromatic N) is 1. The summed E-state index contributed by atoms with van der Waals surface area (Å²) in [5.41, 5.74) is 1.09. The highest BCUT2D eigenvalue weighted by Crippen LogP contribution is 2.26. The molecule has 1 aromatic rings. The normalized spacial score (nSPS) is 13.0. The van der Waals surface area contributed by atoms with E-state index in [0.717, 1.165) is 29.9 Å². The number of ether oxygens (including phenoxy) is 2. The zero-order valence-electron chi connectivity index (χ0n) is 14.7. The lowest BCUT2D eigenvalue weighted by atomic mass is 10.0. The van der Waals surface area contributed by atoms with Gasteiger partial charge in [0.1, 0.15) is 5.75 Å². The van der Waals surface area contributed by atoms with E-state index in [0.29, 0.717) is 0 Å². The van der Waals surface area contributed by atoms with Gasteiger partial charge in [0.15, 0.2) is 0 Å². The largest absolute Gasteiger partial charge is 0.501 e. The second-order valence-corrected chi connectivity index (χ2v) is 5.29. The summed E-state index contributed by atoms with van der Waals surface area (Å²) in [6.45, 7) is 3.54. The van der Waals surface area contributed by atoms with Gasteiger partial charge in [-0.2, -0.15) is 0 Å². The molecular weight excluding hydrogens is 290 g/mol. The van der Waals surface area contributed by atoms with E-state index < -0.39 is 0 Å². The molecule has 0 heterocycles. The number of amides is 1. The molecule has 1 unspecified atom stereocenters. The number of hydrogen-bond acceptors (Lipinski definition) is 3. The second kappa shape index (κ2) is 9.72. The molecule has 1 amide bonds. The third kappa shape index (κ3) is 5.81. The van der Waals surface area contributed by atoms with E-state index in [1.807, 2.05) is 44.3 Å². The van der Waals surface area contributed by atoms with E-state index in [1.54, 1.807) is 26.0 Å². The molecule has 0 bridgehead atoms. The van der Waals surface area contributed by atoms with Crippen molar-refractivity contribution in [2.45, 2.75) is 32.7 Å².